The molecule has 21 heavy (non-hydrogen) atoms. The highest BCUT2D eigenvalue weighted by Crippen LogP contribution is 2.24. The van der Waals surface area contributed by atoms with E-state index in [-0.39, 0.29) is 18.7 Å². The third-order valence-corrected chi connectivity index (χ3v) is 4.18. The van der Waals surface area contributed by atoms with Gasteiger partial charge in [0.1, 0.15) is 0 Å². The Morgan fingerprint density at radius 3 is 2.19 bits per heavy atom. The van der Waals surface area contributed by atoms with Crippen LogP contribution in [0, 0.1) is 20.8 Å². The van der Waals surface area contributed by atoms with Crippen molar-refractivity contribution in [1.29, 1.82) is 0 Å². The lowest BCUT2D eigenvalue weighted by Gasteiger charge is -2.24. The Bertz CT molecular complexity index is 592. The Labute approximate surface area is 127 Å². The van der Waals surface area contributed by atoms with Crippen LogP contribution in [0.1, 0.15) is 46.8 Å². The first-order valence-electron chi connectivity index (χ1n) is 7.52. The van der Waals surface area contributed by atoms with E-state index in [0.717, 1.165) is 5.56 Å². The Hall–Kier alpha value is -1.64. The molecule has 2 rings (SSSR count). The fourth-order valence-corrected chi connectivity index (χ4v) is 2.78. The van der Waals surface area contributed by atoms with Crippen molar-refractivity contribution in [1.82, 2.24) is 5.32 Å². The van der Waals surface area contributed by atoms with Gasteiger partial charge in [0.2, 0.25) is 0 Å². The number of nitrogens with one attached hydrogen (secondary N) is 1. The second-order valence-corrected chi connectivity index (χ2v) is 5.83. The summed E-state index contributed by atoms with van der Waals surface area (Å²) in [5, 5.41) is 13.2. The molecule has 0 radical (unpaired) electrons. The zero-order chi connectivity index (χ0) is 15.4. The zero-order valence-corrected chi connectivity index (χ0v) is 13.4. The van der Waals surface area contributed by atoms with E-state index < -0.39 is 0 Å². The molecule has 0 aliphatic carbocycles. The number of aliphatic hydroxyl groups excluding tert-OH is 1. The minimum atomic E-state index is -0.0396. The zero-order valence-electron chi connectivity index (χ0n) is 13.4. The summed E-state index contributed by atoms with van der Waals surface area (Å²) < 4.78 is 0. The Morgan fingerprint density at radius 2 is 1.57 bits per heavy atom. The molecule has 2 heteroatoms. The van der Waals surface area contributed by atoms with Crippen molar-refractivity contribution >= 4 is 0 Å². The molecule has 0 heterocycles. The van der Waals surface area contributed by atoms with Crippen LogP contribution in [0.25, 0.3) is 0 Å². The van der Waals surface area contributed by atoms with E-state index in [4.69, 9.17) is 0 Å². The van der Waals surface area contributed by atoms with Crippen molar-refractivity contribution in [3.05, 3.63) is 70.3 Å². The summed E-state index contributed by atoms with van der Waals surface area (Å²) in [5.74, 6) is 0. The van der Waals surface area contributed by atoms with E-state index in [1.54, 1.807) is 0 Å². The monoisotopic (exact) mass is 283 g/mol. The average molecular weight is 283 g/mol. The number of rotatable bonds is 5. The molecule has 0 bridgehead atoms. The molecule has 2 N–H and O–H groups in total. The van der Waals surface area contributed by atoms with Crippen LogP contribution in [0.5, 0.6) is 0 Å². The van der Waals surface area contributed by atoms with Crippen molar-refractivity contribution in [2.24, 2.45) is 0 Å². The highest BCUT2D eigenvalue weighted by atomic mass is 16.3. The molecule has 0 amide bonds. The number of aryl methyl sites for hydroxylation is 3. The van der Waals surface area contributed by atoms with E-state index in [9.17, 15) is 5.11 Å². The molecule has 2 aromatic rings. The topological polar surface area (TPSA) is 32.3 Å². The van der Waals surface area contributed by atoms with Gasteiger partial charge in [0.15, 0.2) is 0 Å². The minimum Gasteiger partial charge on any atom is -0.394 e. The number of aliphatic hydroxyl groups is 1. The van der Waals surface area contributed by atoms with E-state index in [2.05, 4.69) is 45.1 Å². The summed E-state index contributed by atoms with van der Waals surface area (Å²) in [6, 6.07) is 14.7. The smallest absolute Gasteiger partial charge is 0.0626 e. The van der Waals surface area contributed by atoms with Crippen molar-refractivity contribution in [2.75, 3.05) is 6.61 Å². The van der Waals surface area contributed by atoms with Crippen LogP contribution >= 0.6 is 0 Å². The van der Waals surface area contributed by atoms with Gasteiger partial charge >= 0.3 is 0 Å². The molecular weight excluding hydrogens is 258 g/mol. The van der Waals surface area contributed by atoms with Crippen LogP contribution in [-0.2, 0) is 0 Å². The van der Waals surface area contributed by atoms with Crippen LogP contribution in [0.3, 0.4) is 0 Å². The summed E-state index contributed by atoms with van der Waals surface area (Å²) in [6.07, 6.45) is 0. The molecule has 112 valence electrons. The number of hydrogen-bond donors (Lipinski definition) is 2. The molecule has 0 aliphatic rings. The second kappa shape index (κ2) is 6.88. The van der Waals surface area contributed by atoms with Crippen LogP contribution in [0.4, 0.5) is 0 Å². The molecule has 0 saturated carbocycles. The van der Waals surface area contributed by atoms with Gasteiger partial charge in [-0.3, -0.25) is 0 Å². The van der Waals surface area contributed by atoms with Crippen LogP contribution in [-0.4, -0.2) is 11.7 Å². The average Bonchev–Trinajstić information content (AvgIpc) is 2.49. The SMILES string of the molecule is Cc1cc(C)c(C(C)N[C@H](CO)c2ccccc2)cc1C. The maximum Gasteiger partial charge on any atom is 0.0626 e. The van der Waals surface area contributed by atoms with Crippen LogP contribution < -0.4 is 5.32 Å². The van der Waals surface area contributed by atoms with E-state index in [1.165, 1.54) is 22.3 Å². The molecule has 0 spiro atoms. The molecule has 2 atom stereocenters. The first-order chi connectivity index (χ1) is 10.0. The molecule has 2 aromatic carbocycles. The van der Waals surface area contributed by atoms with E-state index in [0.29, 0.717) is 0 Å². The normalized spacial score (nSPS) is 14.0. The van der Waals surface area contributed by atoms with Crippen molar-refractivity contribution < 1.29 is 5.11 Å². The van der Waals surface area contributed by atoms with Gasteiger partial charge in [0.25, 0.3) is 0 Å². The molecule has 0 saturated heterocycles. The van der Waals surface area contributed by atoms with Gasteiger partial charge in [0.05, 0.1) is 12.6 Å². The summed E-state index contributed by atoms with van der Waals surface area (Å²) >= 11 is 0. The fraction of sp³-hybridized carbons (Fsp3) is 0.368. The van der Waals surface area contributed by atoms with E-state index in [1.807, 2.05) is 30.3 Å². The molecule has 0 fully saturated rings. The molecule has 2 nitrogen and oxygen atoms in total. The summed E-state index contributed by atoms with van der Waals surface area (Å²) in [4.78, 5) is 0. The largest absolute Gasteiger partial charge is 0.394 e. The quantitative estimate of drug-likeness (QED) is 0.869. The van der Waals surface area contributed by atoms with Crippen LogP contribution in [0.2, 0.25) is 0 Å². The highest BCUT2D eigenvalue weighted by Gasteiger charge is 2.16. The van der Waals surface area contributed by atoms with Crippen molar-refractivity contribution in [2.45, 2.75) is 39.8 Å². The molecule has 1 unspecified atom stereocenters. The second-order valence-electron chi connectivity index (χ2n) is 5.83. The standard InChI is InChI=1S/C19H25NO/c1-13-10-15(3)18(11-14(13)2)16(4)20-19(12-21)17-8-6-5-7-9-17/h5-11,16,19-21H,12H2,1-4H3/t16?,19-/m1/s1. The van der Waals surface area contributed by atoms with Gasteiger partial charge in [-0.2, -0.15) is 0 Å². The Balaban J connectivity index is 2.20. The van der Waals surface area contributed by atoms with Crippen LogP contribution in [0.15, 0.2) is 42.5 Å². The lowest BCUT2D eigenvalue weighted by atomic mass is 9.95. The Morgan fingerprint density at radius 1 is 0.952 bits per heavy atom. The van der Waals surface area contributed by atoms with Gasteiger partial charge in [0, 0.05) is 6.04 Å². The maximum absolute atomic E-state index is 9.68. The van der Waals surface area contributed by atoms with Crippen molar-refractivity contribution in [3.63, 3.8) is 0 Å². The maximum atomic E-state index is 9.68. The first-order valence-corrected chi connectivity index (χ1v) is 7.52. The fourth-order valence-electron chi connectivity index (χ4n) is 2.78. The lowest BCUT2D eigenvalue weighted by molar-refractivity contribution is 0.235. The predicted molar refractivity (Wildman–Crippen MR) is 88.5 cm³/mol. The van der Waals surface area contributed by atoms with Crippen molar-refractivity contribution in [3.8, 4) is 0 Å². The third-order valence-electron chi connectivity index (χ3n) is 4.18. The number of hydrogen-bond acceptors (Lipinski definition) is 2. The van der Waals surface area contributed by atoms with Gasteiger partial charge < -0.3 is 10.4 Å². The van der Waals surface area contributed by atoms with E-state index >= 15 is 0 Å². The molecule has 0 aromatic heterocycles. The third kappa shape index (κ3) is 3.72. The predicted octanol–water partition coefficient (Wildman–Crippen LogP) is 4.00. The molecular formula is C19H25NO. The van der Waals surface area contributed by atoms with Gasteiger partial charge in [-0.1, -0.05) is 42.5 Å². The highest BCUT2D eigenvalue weighted by molar-refractivity contribution is 5.38. The first kappa shape index (κ1) is 15.7. The molecule has 0 aliphatic heterocycles. The Kier molecular flexibility index (Phi) is 5.16. The van der Waals surface area contributed by atoms with Gasteiger partial charge in [-0.15, -0.1) is 0 Å². The summed E-state index contributed by atoms with van der Waals surface area (Å²) in [7, 11) is 0. The van der Waals surface area contributed by atoms with Gasteiger partial charge in [-0.25, -0.2) is 0 Å². The lowest BCUT2D eigenvalue weighted by Crippen LogP contribution is -2.27. The number of benzene rings is 2. The summed E-state index contributed by atoms with van der Waals surface area (Å²) in [6.45, 7) is 8.69. The summed E-state index contributed by atoms with van der Waals surface area (Å²) in [5.41, 5.74) is 6.35. The van der Waals surface area contributed by atoms with Gasteiger partial charge in [-0.05, 0) is 55.5 Å². The minimum absolute atomic E-state index is 0.0396.